The largest absolute Gasteiger partial charge is 0.385 e. The lowest BCUT2D eigenvalue weighted by Gasteiger charge is -2.37. The van der Waals surface area contributed by atoms with E-state index in [0.717, 1.165) is 12.8 Å². The molecule has 0 aliphatic heterocycles. The first-order valence-corrected chi connectivity index (χ1v) is 8.11. The Morgan fingerprint density at radius 3 is 2.42 bits per heavy atom. The van der Waals surface area contributed by atoms with E-state index in [-0.39, 0.29) is 0 Å². The molecule has 3 rings (SSSR count). The minimum atomic E-state index is -0.544. The molecule has 2 aliphatic carbocycles. The number of aliphatic hydroxyl groups is 1. The van der Waals surface area contributed by atoms with Crippen molar-refractivity contribution in [2.45, 2.75) is 69.8 Å². The molecule has 0 bridgehead atoms. The lowest BCUT2D eigenvalue weighted by atomic mass is 9.74. The normalized spacial score (nSPS) is 29.3. The van der Waals surface area contributed by atoms with Crippen LogP contribution in [-0.4, -0.2) is 5.11 Å². The molecule has 2 aliphatic rings. The van der Waals surface area contributed by atoms with Crippen LogP contribution in [0.3, 0.4) is 0 Å². The molecule has 1 unspecified atom stereocenters. The van der Waals surface area contributed by atoms with Gasteiger partial charge in [0.05, 0.1) is 5.60 Å². The maximum atomic E-state index is 11.5. The molecule has 0 saturated heterocycles. The maximum Gasteiger partial charge on any atom is 0.0927 e. The standard InChI is InChI=1S/C18H26O/c19-18(16-11-3-1-2-4-12-16)14-8-7-10-15-9-5-6-13-17(15)18/h5-6,9,13,16,19H,1-4,7-8,10-12,14H2. The zero-order chi connectivity index (χ0) is 13.1. The minimum absolute atomic E-state index is 0.481. The Balaban J connectivity index is 1.96. The molecule has 19 heavy (non-hydrogen) atoms. The van der Waals surface area contributed by atoms with Crippen molar-refractivity contribution in [1.82, 2.24) is 0 Å². The fraction of sp³-hybridized carbons (Fsp3) is 0.667. The van der Waals surface area contributed by atoms with E-state index in [2.05, 4.69) is 24.3 Å². The fourth-order valence-corrected chi connectivity index (χ4v) is 4.19. The summed E-state index contributed by atoms with van der Waals surface area (Å²) in [7, 11) is 0. The number of hydrogen-bond donors (Lipinski definition) is 1. The second kappa shape index (κ2) is 5.66. The molecule has 0 aromatic heterocycles. The molecule has 1 heteroatoms. The molecule has 1 saturated carbocycles. The highest BCUT2D eigenvalue weighted by Crippen LogP contribution is 2.44. The van der Waals surface area contributed by atoms with Crippen molar-refractivity contribution in [2.75, 3.05) is 0 Å². The van der Waals surface area contributed by atoms with Crippen LogP contribution < -0.4 is 0 Å². The fourth-order valence-electron chi connectivity index (χ4n) is 4.19. The van der Waals surface area contributed by atoms with Crippen LogP contribution in [0.1, 0.15) is 68.9 Å². The second-order valence-corrected chi connectivity index (χ2v) is 6.48. The maximum absolute atomic E-state index is 11.5. The average molecular weight is 258 g/mol. The number of hydrogen-bond acceptors (Lipinski definition) is 1. The molecule has 1 nitrogen and oxygen atoms in total. The molecule has 1 N–H and O–H groups in total. The van der Waals surface area contributed by atoms with Crippen molar-refractivity contribution in [1.29, 1.82) is 0 Å². The Bertz CT molecular complexity index is 417. The Kier molecular flexibility index (Phi) is 3.93. The Hall–Kier alpha value is -0.820. The monoisotopic (exact) mass is 258 g/mol. The van der Waals surface area contributed by atoms with Crippen molar-refractivity contribution < 1.29 is 5.11 Å². The predicted octanol–water partition coefficient (Wildman–Crippen LogP) is 4.57. The van der Waals surface area contributed by atoms with E-state index in [9.17, 15) is 5.11 Å². The third-order valence-electron chi connectivity index (χ3n) is 5.27. The molecule has 1 aromatic carbocycles. The SMILES string of the molecule is OC1(C2CCCCCC2)CCCCc2ccccc21. The topological polar surface area (TPSA) is 20.2 Å². The number of rotatable bonds is 1. The molecule has 1 aromatic rings. The minimum Gasteiger partial charge on any atom is -0.385 e. The first-order valence-electron chi connectivity index (χ1n) is 8.11. The molecule has 0 heterocycles. The average Bonchev–Trinajstić information content (AvgIpc) is 2.80. The van der Waals surface area contributed by atoms with E-state index in [1.54, 1.807) is 0 Å². The van der Waals surface area contributed by atoms with Gasteiger partial charge in [-0.3, -0.25) is 0 Å². The van der Waals surface area contributed by atoms with Crippen LogP contribution in [0, 0.1) is 5.92 Å². The zero-order valence-electron chi connectivity index (χ0n) is 11.9. The van der Waals surface area contributed by atoms with Crippen molar-refractivity contribution in [3.8, 4) is 0 Å². The van der Waals surface area contributed by atoms with Gasteiger partial charge in [-0.15, -0.1) is 0 Å². The van der Waals surface area contributed by atoms with Crippen LogP contribution in [-0.2, 0) is 12.0 Å². The molecule has 104 valence electrons. The summed E-state index contributed by atoms with van der Waals surface area (Å²) in [6, 6.07) is 8.64. The summed E-state index contributed by atoms with van der Waals surface area (Å²) in [6.45, 7) is 0. The van der Waals surface area contributed by atoms with Gasteiger partial charge in [0.2, 0.25) is 0 Å². The first-order chi connectivity index (χ1) is 9.31. The molecule has 0 amide bonds. The van der Waals surface area contributed by atoms with Gasteiger partial charge in [0.25, 0.3) is 0 Å². The lowest BCUT2D eigenvalue weighted by molar-refractivity contribution is -0.0386. The van der Waals surface area contributed by atoms with Gasteiger partial charge in [-0.1, -0.05) is 49.9 Å². The van der Waals surface area contributed by atoms with Gasteiger partial charge in [-0.2, -0.15) is 0 Å². The van der Waals surface area contributed by atoms with Crippen LogP contribution in [0.5, 0.6) is 0 Å². The Morgan fingerprint density at radius 1 is 0.895 bits per heavy atom. The van der Waals surface area contributed by atoms with Crippen molar-refractivity contribution in [3.63, 3.8) is 0 Å². The van der Waals surface area contributed by atoms with Gasteiger partial charge in [0, 0.05) is 0 Å². The van der Waals surface area contributed by atoms with Gasteiger partial charge >= 0.3 is 0 Å². The van der Waals surface area contributed by atoms with Crippen LogP contribution >= 0.6 is 0 Å². The van der Waals surface area contributed by atoms with Crippen LogP contribution in [0.4, 0.5) is 0 Å². The number of aryl methyl sites for hydroxylation is 1. The van der Waals surface area contributed by atoms with Gasteiger partial charge in [0.15, 0.2) is 0 Å². The van der Waals surface area contributed by atoms with Crippen LogP contribution in [0.15, 0.2) is 24.3 Å². The Labute approximate surface area is 117 Å². The van der Waals surface area contributed by atoms with Crippen molar-refractivity contribution in [3.05, 3.63) is 35.4 Å². The zero-order valence-corrected chi connectivity index (χ0v) is 11.9. The van der Waals surface area contributed by atoms with Crippen molar-refractivity contribution >= 4 is 0 Å². The van der Waals surface area contributed by atoms with E-state index < -0.39 is 5.60 Å². The molecular weight excluding hydrogens is 232 g/mol. The lowest BCUT2D eigenvalue weighted by Crippen LogP contribution is -2.35. The van der Waals surface area contributed by atoms with Gasteiger partial charge in [-0.05, 0) is 55.6 Å². The molecule has 0 spiro atoms. The van der Waals surface area contributed by atoms with Gasteiger partial charge in [0.1, 0.15) is 0 Å². The van der Waals surface area contributed by atoms with Crippen molar-refractivity contribution in [2.24, 2.45) is 5.92 Å². The smallest absolute Gasteiger partial charge is 0.0927 e. The summed E-state index contributed by atoms with van der Waals surface area (Å²) in [5.74, 6) is 0.481. The Morgan fingerprint density at radius 2 is 1.63 bits per heavy atom. The summed E-state index contributed by atoms with van der Waals surface area (Å²) in [6.07, 6.45) is 12.2. The molecule has 0 radical (unpaired) electrons. The summed E-state index contributed by atoms with van der Waals surface area (Å²) < 4.78 is 0. The third-order valence-corrected chi connectivity index (χ3v) is 5.27. The first kappa shape index (κ1) is 13.2. The van der Waals surface area contributed by atoms with Crippen LogP contribution in [0.25, 0.3) is 0 Å². The summed E-state index contributed by atoms with van der Waals surface area (Å²) in [5, 5.41) is 11.5. The van der Waals surface area contributed by atoms with E-state index in [4.69, 9.17) is 0 Å². The van der Waals surface area contributed by atoms with E-state index in [1.165, 1.54) is 62.5 Å². The quantitative estimate of drug-likeness (QED) is 0.578. The second-order valence-electron chi connectivity index (χ2n) is 6.48. The van der Waals surface area contributed by atoms with E-state index in [1.807, 2.05) is 0 Å². The van der Waals surface area contributed by atoms with E-state index >= 15 is 0 Å². The molecule has 1 atom stereocenters. The highest BCUT2D eigenvalue weighted by Gasteiger charge is 2.40. The molecule has 1 fully saturated rings. The predicted molar refractivity (Wildman–Crippen MR) is 79.1 cm³/mol. The highest BCUT2D eigenvalue weighted by atomic mass is 16.3. The summed E-state index contributed by atoms with van der Waals surface area (Å²) in [4.78, 5) is 0. The number of fused-ring (bicyclic) bond motifs is 1. The summed E-state index contributed by atoms with van der Waals surface area (Å²) >= 11 is 0. The van der Waals surface area contributed by atoms with Gasteiger partial charge in [-0.25, -0.2) is 0 Å². The molecular formula is C18H26O. The number of benzene rings is 1. The summed E-state index contributed by atoms with van der Waals surface area (Å²) in [5.41, 5.74) is 2.10. The van der Waals surface area contributed by atoms with Crippen LogP contribution in [0.2, 0.25) is 0 Å². The van der Waals surface area contributed by atoms with Gasteiger partial charge < -0.3 is 5.11 Å². The highest BCUT2D eigenvalue weighted by molar-refractivity contribution is 5.34. The van der Waals surface area contributed by atoms with E-state index in [0.29, 0.717) is 5.92 Å². The third kappa shape index (κ3) is 2.58.